The maximum Gasteiger partial charge on any atom is 0.414 e. The van der Waals surface area contributed by atoms with Gasteiger partial charge in [0.2, 0.25) is 11.8 Å². The number of hydrogen-bond acceptors (Lipinski definition) is 4. The Hall–Kier alpha value is -3.19. The minimum absolute atomic E-state index is 0.0543. The number of aliphatic hydroxyl groups is 1. The first kappa shape index (κ1) is 37.0. The molecule has 2 heterocycles. The Bertz CT molecular complexity index is 1210. The van der Waals surface area contributed by atoms with Gasteiger partial charge in [0, 0.05) is 37.8 Å². The average molecular weight is 647 g/mol. The van der Waals surface area contributed by atoms with E-state index in [1.165, 1.54) is 24.5 Å². The lowest BCUT2D eigenvalue weighted by molar-refractivity contribution is -0.218. The van der Waals surface area contributed by atoms with Gasteiger partial charge in [-0.25, -0.2) is 0 Å². The van der Waals surface area contributed by atoms with E-state index in [-0.39, 0.29) is 42.8 Å². The van der Waals surface area contributed by atoms with Gasteiger partial charge in [0.15, 0.2) is 14.2 Å². The number of hydrogen-bond donors (Lipinski definition) is 1. The molecule has 2 aliphatic heterocycles. The Kier molecular flexibility index (Phi) is 12.8. The van der Waals surface area contributed by atoms with E-state index >= 15 is 0 Å². The fraction of sp³-hybridized carbons (Fsp3) is 0.516. The van der Waals surface area contributed by atoms with Crippen LogP contribution in [-0.2, 0) is 14.4 Å². The van der Waals surface area contributed by atoms with E-state index in [4.69, 9.17) is 0 Å². The molecule has 2 aliphatic rings. The number of halogens is 6. The van der Waals surface area contributed by atoms with Crippen molar-refractivity contribution >= 4 is 26.2 Å². The number of rotatable bonds is 6. The van der Waals surface area contributed by atoms with Gasteiger partial charge in [0.25, 0.3) is 0 Å². The van der Waals surface area contributed by atoms with Crippen molar-refractivity contribution < 1.29 is 45.8 Å². The molecule has 5 atom stereocenters. The summed E-state index contributed by atoms with van der Waals surface area (Å²) in [6.45, 7) is 8.11. The summed E-state index contributed by atoms with van der Waals surface area (Å²) in [6.07, 6.45) is -6.15. The molecule has 4 rings (SSSR count). The molecule has 1 N–H and O–H groups in total. The van der Waals surface area contributed by atoms with Gasteiger partial charge in [-0.3, -0.25) is 9.59 Å². The van der Waals surface area contributed by atoms with Crippen molar-refractivity contribution in [2.24, 2.45) is 11.8 Å². The zero-order chi connectivity index (χ0) is 33.5. The standard InChI is InChI=1S/C14H16F3NO2.C13H15NO2.C4H9F3Si/c1-9(10-5-3-2-4-6-10)18-8-11(7-12(18)19)13(20)14(15,16)17;1-10(12-5-3-2-4-6-12)14-8-11(9-15)7-13(14)16;1-8(2,3)4(5,6)7/h2-6,9,11,13,20H,7-8H2,1H3;2-6,9-11H,7-8H2,1H3;1-3H3/t9-,11-,13?;10-,11-;/m11./s1. The zero-order valence-electron chi connectivity index (χ0n) is 25.4. The maximum atomic E-state index is 12.5. The van der Waals surface area contributed by atoms with E-state index in [1.54, 1.807) is 11.8 Å². The molecule has 0 aromatic heterocycles. The normalized spacial score (nSPS) is 21.1. The lowest BCUT2D eigenvalue weighted by Gasteiger charge is -2.26. The van der Waals surface area contributed by atoms with Crippen LogP contribution in [0.3, 0.4) is 0 Å². The predicted octanol–water partition coefficient (Wildman–Crippen LogP) is 6.74. The number of likely N-dealkylation sites (tertiary alicyclic amines) is 2. The third kappa shape index (κ3) is 10.2. The van der Waals surface area contributed by atoms with Gasteiger partial charge in [-0.05, 0) is 25.0 Å². The summed E-state index contributed by atoms with van der Waals surface area (Å²) in [7, 11) is -2.86. The van der Waals surface area contributed by atoms with E-state index in [1.807, 2.05) is 67.6 Å². The molecular formula is C31H40F6N2O4Si. The molecule has 44 heavy (non-hydrogen) atoms. The molecule has 2 amide bonds. The molecule has 0 bridgehead atoms. The first-order valence-electron chi connectivity index (χ1n) is 14.2. The van der Waals surface area contributed by atoms with E-state index in [2.05, 4.69) is 0 Å². The van der Waals surface area contributed by atoms with Crippen LogP contribution in [0.1, 0.15) is 49.9 Å². The van der Waals surface area contributed by atoms with E-state index < -0.39 is 32.1 Å². The average Bonchev–Trinajstić information content (AvgIpc) is 3.53. The molecule has 6 nitrogen and oxygen atoms in total. The Balaban J connectivity index is 0.000000251. The number of nitrogens with zero attached hydrogens (tertiary/aromatic N) is 2. The van der Waals surface area contributed by atoms with Crippen LogP contribution < -0.4 is 0 Å². The number of aldehydes is 1. The summed E-state index contributed by atoms with van der Waals surface area (Å²) in [4.78, 5) is 37.5. The Morgan fingerprint density at radius 1 is 0.773 bits per heavy atom. The molecule has 2 fully saturated rings. The molecule has 2 saturated heterocycles. The van der Waals surface area contributed by atoms with Gasteiger partial charge >= 0.3 is 12.0 Å². The van der Waals surface area contributed by atoms with Crippen LogP contribution in [0.2, 0.25) is 19.6 Å². The molecule has 2 aromatic rings. The second-order valence-electron chi connectivity index (χ2n) is 12.1. The summed E-state index contributed by atoms with van der Waals surface area (Å²) in [6, 6.07) is 18.8. The van der Waals surface area contributed by atoms with Gasteiger partial charge in [0.05, 0.1) is 12.1 Å². The first-order valence-corrected chi connectivity index (χ1v) is 17.7. The maximum absolute atomic E-state index is 12.5. The third-order valence-electron chi connectivity index (χ3n) is 7.70. The van der Waals surface area contributed by atoms with Crippen LogP contribution in [-0.4, -0.2) is 72.3 Å². The minimum Gasteiger partial charge on any atom is -0.383 e. The summed E-state index contributed by atoms with van der Waals surface area (Å²) in [5, 5.41) is 9.27. The molecule has 2 aromatic carbocycles. The van der Waals surface area contributed by atoms with E-state index in [9.17, 15) is 45.8 Å². The number of carbonyl (C=O) groups is 3. The van der Waals surface area contributed by atoms with Gasteiger partial charge in [-0.2, -0.15) is 26.3 Å². The van der Waals surface area contributed by atoms with Crippen molar-refractivity contribution in [2.75, 3.05) is 13.1 Å². The highest BCUT2D eigenvalue weighted by Crippen LogP contribution is 2.35. The van der Waals surface area contributed by atoms with Crippen molar-refractivity contribution in [3.8, 4) is 0 Å². The SMILES string of the molecule is C[C@H](c1ccccc1)N1C[C@H](C(O)C(F)(F)F)CC1=O.C[C@H](c1ccccc1)N1C[C@H](C=O)CC1=O.C[Si](C)(C)C(F)(F)F. The monoisotopic (exact) mass is 646 g/mol. The second kappa shape index (κ2) is 15.2. The number of carbonyl (C=O) groups excluding carboxylic acids is 3. The Morgan fingerprint density at radius 3 is 1.50 bits per heavy atom. The summed E-state index contributed by atoms with van der Waals surface area (Å²) in [5.74, 6) is -5.41. The highest BCUT2D eigenvalue weighted by atomic mass is 28.3. The summed E-state index contributed by atoms with van der Waals surface area (Å²) in [5.41, 5.74) is 1.98. The molecule has 1 unspecified atom stereocenters. The quantitative estimate of drug-likeness (QED) is 0.214. The fourth-order valence-corrected chi connectivity index (χ4v) is 4.66. The lowest BCUT2D eigenvalue weighted by atomic mass is 10.0. The Morgan fingerprint density at radius 2 is 1.16 bits per heavy atom. The van der Waals surface area contributed by atoms with Crippen molar-refractivity contribution in [3.05, 3.63) is 71.8 Å². The molecule has 13 heteroatoms. The van der Waals surface area contributed by atoms with Gasteiger partial charge in [0.1, 0.15) is 6.29 Å². The zero-order valence-corrected chi connectivity index (χ0v) is 26.4. The molecule has 0 saturated carbocycles. The number of aliphatic hydroxyl groups excluding tert-OH is 1. The molecule has 0 radical (unpaired) electrons. The highest BCUT2D eigenvalue weighted by molar-refractivity contribution is 6.77. The number of amides is 2. The fourth-order valence-electron chi connectivity index (χ4n) is 4.66. The molecule has 244 valence electrons. The van der Waals surface area contributed by atoms with Gasteiger partial charge in [-0.1, -0.05) is 80.3 Å². The first-order chi connectivity index (χ1) is 20.3. The van der Waals surface area contributed by atoms with Crippen molar-refractivity contribution in [1.82, 2.24) is 9.80 Å². The number of benzene rings is 2. The molecule has 0 spiro atoms. The van der Waals surface area contributed by atoms with E-state index in [0.717, 1.165) is 17.4 Å². The van der Waals surface area contributed by atoms with Crippen LogP contribution in [0.25, 0.3) is 0 Å². The largest absolute Gasteiger partial charge is 0.414 e. The minimum atomic E-state index is -4.68. The van der Waals surface area contributed by atoms with Crippen LogP contribution in [0.5, 0.6) is 0 Å². The Labute approximate surface area is 255 Å². The molecule has 0 aliphatic carbocycles. The second-order valence-corrected chi connectivity index (χ2v) is 17.1. The van der Waals surface area contributed by atoms with Crippen molar-refractivity contribution in [3.63, 3.8) is 0 Å². The molecular weight excluding hydrogens is 606 g/mol. The summed E-state index contributed by atoms with van der Waals surface area (Å²) >= 11 is 0. The van der Waals surface area contributed by atoms with Gasteiger partial charge in [-0.15, -0.1) is 0 Å². The topological polar surface area (TPSA) is 77.9 Å². The van der Waals surface area contributed by atoms with Crippen LogP contribution >= 0.6 is 0 Å². The van der Waals surface area contributed by atoms with Gasteiger partial charge < -0.3 is 19.7 Å². The number of alkyl halides is 6. The van der Waals surface area contributed by atoms with Crippen molar-refractivity contribution in [2.45, 2.75) is 76.5 Å². The van der Waals surface area contributed by atoms with Crippen LogP contribution in [0.4, 0.5) is 26.3 Å². The highest BCUT2D eigenvalue weighted by Gasteiger charge is 2.48. The van der Waals surface area contributed by atoms with Crippen LogP contribution in [0, 0.1) is 11.8 Å². The van der Waals surface area contributed by atoms with Crippen molar-refractivity contribution in [1.29, 1.82) is 0 Å². The summed E-state index contributed by atoms with van der Waals surface area (Å²) < 4.78 is 72.4. The van der Waals surface area contributed by atoms with E-state index in [0.29, 0.717) is 13.0 Å². The predicted molar refractivity (Wildman–Crippen MR) is 157 cm³/mol. The van der Waals surface area contributed by atoms with Crippen LogP contribution in [0.15, 0.2) is 60.7 Å². The lowest BCUT2D eigenvalue weighted by Crippen LogP contribution is -2.40. The smallest absolute Gasteiger partial charge is 0.383 e. The third-order valence-corrected chi connectivity index (χ3v) is 9.40.